The summed E-state index contributed by atoms with van der Waals surface area (Å²) in [4.78, 5) is 29.2. The van der Waals surface area contributed by atoms with Crippen LogP contribution in [0.4, 0.5) is 10.1 Å². The lowest BCUT2D eigenvalue weighted by molar-refractivity contribution is -0.140. The van der Waals surface area contributed by atoms with Gasteiger partial charge in [-0.15, -0.1) is 0 Å². The average Bonchev–Trinajstić information content (AvgIpc) is 3.03. The van der Waals surface area contributed by atoms with Gasteiger partial charge in [0.25, 0.3) is 10.0 Å². The fourth-order valence-corrected chi connectivity index (χ4v) is 6.30. The molecule has 44 heavy (non-hydrogen) atoms. The zero-order valence-corrected chi connectivity index (χ0v) is 25.9. The van der Waals surface area contributed by atoms with Gasteiger partial charge in [0.2, 0.25) is 11.8 Å². The van der Waals surface area contributed by atoms with Crippen LogP contribution in [-0.4, -0.2) is 51.4 Å². The van der Waals surface area contributed by atoms with Crippen LogP contribution < -0.4 is 14.4 Å². The molecule has 2 amide bonds. The summed E-state index contributed by atoms with van der Waals surface area (Å²) >= 11 is 6.05. The average molecular weight is 638 g/mol. The Morgan fingerprint density at radius 3 is 2.20 bits per heavy atom. The highest BCUT2D eigenvalue weighted by Crippen LogP contribution is 2.28. The number of likely N-dealkylation sites (N-methyl/N-ethyl adjacent to an activating group) is 1. The van der Waals surface area contributed by atoms with Crippen molar-refractivity contribution < 1.29 is 27.1 Å². The zero-order valence-electron chi connectivity index (χ0n) is 24.3. The number of carbonyl (C=O) groups is 2. The number of hydrogen-bond acceptors (Lipinski definition) is 5. The summed E-state index contributed by atoms with van der Waals surface area (Å²) in [5.74, 6) is -1.23. The minimum Gasteiger partial charge on any atom is -0.497 e. The summed E-state index contributed by atoms with van der Waals surface area (Å²) < 4.78 is 48.3. The van der Waals surface area contributed by atoms with Crippen LogP contribution in [0.2, 0.25) is 5.02 Å². The lowest BCUT2D eigenvalue weighted by Gasteiger charge is -2.34. The predicted octanol–water partition coefficient (Wildman–Crippen LogP) is 5.46. The summed E-state index contributed by atoms with van der Waals surface area (Å²) in [6, 6.07) is 26.3. The lowest BCUT2D eigenvalue weighted by atomic mass is 10.0. The van der Waals surface area contributed by atoms with E-state index in [1.54, 1.807) is 49.4 Å². The molecule has 0 aliphatic carbocycles. The molecular formula is C33H33ClFN3O5S. The first-order valence-electron chi connectivity index (χ1n) is 13.9. The number of anilines is 1. The van der Waals surface area contributed by atoms with Gasteiger partial charge in [-0.25, -0.2) is 12.8 Å². The van der Waals surface area contributed by atoms with Gasteiger partial charge >= 0.3 is 0 Å². The number of sulfonamides is 1. The Balaban J connectivity index is 1.81. The van der Waals surface area contributed by atoms with E-state index in [2.05, 4.69) is 5.32 Å². The van der Waals surface area contributed by atoms with E-state index in [1.807, 2.05) is 30.3 Å². The molecule has 230 valence electrons. The number of ether oxygens (including phenoxy) is 1. The number of nitrogens with one attached hydrogen (secondary N) is 1. The number of amides is 2. The second kappa shape index (κ2) is 14.9. The molecule has 8 nitrogen and oxygen atoms in total. The van der Waals surface area contributed by atoms with Gasteiger partial charge in [-0.05, 0) is 60.5 Å². The SMILES string of the molecule is CCNC(=O)[C@H](Cc1ccccc1)N(Cc1cccc(OC)c1)C(=O)CN(c1ccc(F)c(Cl)c1)S(=O)(=O)c1ccccc1. The standard InChI is InChI=1S/C33H33ClFN3O5S/c1-3-36-33(40)31(20-24-11-6-4-7-12-24)37(22-25-13-10-14-27(19-25)43-2)32(39)23-38(26-17-18-30(35)29(34)21-26)44(41,42)28-15-8-5-9-16-28/h4-19,21,31H,3,20,22-23H2,1-2H3,(H,36,40)/t31-/m0/s1. The lowest BCUT2D eigenvalue weighted by Crippen LogP contribution is -2.53. The fraction of sp³-hybridized carbons (Fsp3) is 0.212. The van der Waals surface area contributed by atoms with Crippen molar-refractivity contribution in [2.45, 2.75) is 30.8 Å². The van der Waals surface area contributed by atoms with Crippen molar-refractivity contribution in [3.8, 4) is 5.75 Å². The Kier molecular flexibility index (Phi) is 11.0. The Bertz CT molecular complexity index is 1690. The number of nitrogens with zero attached hydrogens (tertiary/aromatic N) is 2. The second-order valence-corrected chi connectivity index (χ2v) is 12.2. The molecule has 0 spiro atoms. The van der Waals surface area contributed by atoms with Crippen molar-refractivity contribution in [1.82, 2.24) is 10.2 Å². The molecule has 0 aliphatic heterocycles. The van der Waals surface area contributed by atoms with E-state index in [4.69, 9.17) is 16.3 Å². The molecule has 0 heterocycles. The highest BCUT2D eigenvalue weighted by atomic mass is 35.5. The largest absolute Gasteiger partial charge is 0.497 e. The van der Waals surface area contributed by atoms with E-state index in [1.165, 1.54) is 30.2 Å². The number of halogens is 2. The van der Waals surface area contributed by atoms with Crippen molar-refractivity contribution in [2.75, 3.05) is 24.5 Å². The molecule has 11 heteroatoms. The maximum atomic E-state index is 14.4. The summed E-state index contributed by atoms with van der Waals surface area (Å²) in [5.41, 5.74) is 1.47. The maximum absolute atomic E-state index is 14.4. The summed E-state index contributed by atoms with van der Waals surface area (Å²) in [6.45, 7) is 1.40. The third-order valence-corrected chi connectivity index (χ3v) is 8.99. The number of rotatable bonds is 13. The number of benzene rings is 4. The van der Waals surface area contributed by atoms with Crippen LogP contribution in [0.15, 0.2) is 108 Å². The van der Waals surface area contributed by atoms with Gasteiger partial charge in [0, 0.05) is 19.5 Å². The van der Waals surface area contributed by atoms with E-state index in [9.17, 15) is 22.4 Å². The molecule has 4 rings (SSSR count). The van der Waals surface area contributed by atoms with E-state index in [0.717, 1.165) is 22.0 Å². The fourth-order valence-electron chi connectivity index (χ4n) is 4.70. The Morgan fingerprint density at radius 2 is 1.57 bits per heavy atom. The Labute approximate surface area is 262 Å². The summed E-state index contributed by atoms with van der Waals surface area (Å²) in [5, 5.41) is 2.51. The van der Waals surface area contributed by atoms with Crippen molar-refractivity contribution in [3.63, 3.8) is 0 Å². The quantitative estimate of drug-likeness (QED) is 0.210. The molecule has 0 aliphatic rings. The predicted molar refractivity (Wildman–Crippen MR) is 169 cm³/mol. The molecule has 0 saturated heterocycles. The van der Waals surface area contributed by atoms with Crippen LogP contribution >= 0.6 is 11.6 Å². The highest BCUT2D eigenvalue weighted by molar-refractivity contribution is 7.92. The molecule has 4 aromatic carbocycles. The van der Waals surface area contributed by atoms with Crippen LogP contribution in [0.5, 0.6) is 5.75 Å². The van der Waals surface area contributed by atoms with E-state index >= 15 is 0 Å². The molecule has 1 atom stereocenters. The minimum atomic E-state index is -4.33. The van der Waals surface area contributed by atoms with Crippen LogP contribution in [0.1, 0.15) is 18.1 Å². The topological polar surface area (TPSA) is 96.0 Å². The summed E-state index contributed by atoms with van der Waals surface area (Å²) in [6.07, 6.45) is 0.177. The normalized spacial score (nSPS) is 11.8. The van der Waals surface area contributed by atoms with Gasteiger partial charge in [-0.2, -0.15) is 0 Å². The number of hydrogen-bond donors (Lipinski definition) is 1. The Morgan fingerprint density at radius 1 is 0.909 bits per heavy atom. The minimum absolute atomic E-state index is 0.00690. The van der Waals surface area contributed by atoms with Gasteiger partial charge in [-0.3, -0.25) is 13.9 Å². The molecule has 0 radical (unpaired) electrons. The van der Waals surface area contributed by atoms with Gasteiger partial charge < -0.3 is 15.0 Å². The molecule has 0 unspecified atom stereocenters. The Hall–Kier alpha value is -4.41. The zero-order chi connectivity index (χ0) is 31.7. The van der Waals surface area contributed by atoms with Crippen molar-refractivity contribution in [3.05, 3.63) is 125 Å². The molecule has 0 saturated carbocycles. The van der Waals surface area contributed by atoms with Gasteiger partial charge in [0.1, 0.15) is 24.2 Å². The van der Waals surface area contributed by atoms with Crippen molar-refractivity contribution in [1.29, 1.82) is 0 Å². The van der Waals surface area contributed by atoms with Crippen LogP contribution in [0.3, 0.4) is 0 Å². The van der Waals surface area contributed by atoms with Crippen LogP contribution in [-0.2, 0) is 32.6 Å². The molecular weight excluding hydrogens is 605 g/mol. The molecule has 0 bridgehead atoms. The number of carbonyl (C=O) groups excluding carboxylic acids is 2. The number of methoxy groups -OCH3 is 1. The third kappa shape index (κ3) is 7.94. The van der Waals surface area contributed by atoms with E-state index < -0.39 is 40.2 Å². The van der Waals surface area contributed by atoms with Crippen molar-refractivity contribution in [2.24, 2.45) is 0 Å². The second-order valence-electron chi connectivity index (χ2n) is 9.90. The molecule has 1 N–H and O–H groups in total. The third-order valence-electron chi connectivity index (χ3n) is 6.91. The van der Waals surface area contributed by atoms with E-state index in [0.29, 0.717) is 17.9 Å². The van der Waals surface area contributed by atoms with Crippen LogP contribution in [0.25, 0.3) is 0 Å². The first kappa shape index (κ1) is 32.5. The van der Waals surface area contributed by atoms with E-state index in [-0.39, 0.29) is 28.6 Å². The van der Waals surface area contributed by atoms with Gasteiger partial charge in [-0.1, -0.05) is 72.3 Å². The molecule has 0 fully saturated rings. The first-order valence-corrected chi connectivity index (χ1v) is 15.7. The van der Waals surface area contributed by atoms with Gasteiger partial charge in [0.05, 0.1) is 22.7 Å². The highest BCUT2D eigenvalue weighted by Gasteiger charge is 2.34. The first-order chi connectivity index (χ1) is 21.1. The van der Waals surface area contributed by atoms with Gasteiger partial charge in [0.15, 0.2) is 0 Å². The molecule has 4 aromatic rings. The summed E-state index contributed by atoms with van der Waals surface area (Å²) in [7, 11) is -2.80. The smallest absolute Gasteiger partial charge is 0.264 e. The maximum Gasteiger partial charge on any atom is 0.264 e. The molecule has 0 aromatic heterocycles. The van der Waals surface area contributed by atoms with Crippen LogP contribution in [0, 0.1) is 5.82 Å². The van der Waals surface area contributed by atoms with Crippen molar-refractivity contribution >= 4 is 39.1 Å². The monoisotopic (exact) mass is 637 g/mol.